The van der Waals surface area contributed by atoms with E-state index in [4.69, 9.17) is 0 Å². The van der Waals surface area contributed by atoms with Crippen molar-refractivity contribution < 1.29 is 0 Å². The molecular formula is C12H14N4. The Bertz CT molecular complexity index is 415. The molecule has 0 aliphatic carbocycles. The fraction of sp³-hybridized carbons (Fsp3) is 0.167. The maximum atomic E-state index is 3.97. The summed E-state index contributed by atoms with van der Waals surface area (Å²) in [6.07, 6.45) is 1.78. The van der Waals surface area contributed by atoms with Gasteiger partial charge in [-0.05, 0) is 12.5 Å². The van der Waals surface area contributed by atoms with E-state index in [2.05, 4.69) is 33.7 Å². The van der Waals surface area contributed by atoms with Gasteiger partial charge in [0.1, 0.15) is 0 Å². The molecule has 0 fully saturated rings. The summed E-state index contributed by atoms with van der Waals surface area (Å²) in [5.41, 5.74) is 1.90. The average Bonchev–Trinajstić information content (AvgIpc) is 2.35. The van der Waals surface area contributed by atoms with Gasteiger partial charge in [0.25, 0.3) is 0 Å². The van der Waals surface area contributed by atoms with Crippen LogP contribution in [0.5, 0.6) is 0 Å². The van der Waals surface area contributed by atoms with E-state index in [-0.39, 0.29) is 0 Å². The summed E-state index contributed by atoms with van der Waals surface area (Å²) in [6.45, 7) is 9.52. The SMILES string of the molecule is C=Cc1ccc(/C(N=NCC)=N/N=C)cc1. The predicted octanol–water partition coefficient (Wildman–Crippen LogP) is 3.16. The summed E-state index contributed by atoms with van der Waals surface area (Å²) in [5.74, 6) is 0.465. The van der Waals surface area contributed by atoms with Gasteiger partial charge >= 0.3 is 0 Å². The Hall–Kier alpha value is -2.10. The highest BCUT2D eigenvalue weighted by Crippen LogP contribution is 2.08. The lowest BCUT2D eigenvalue weighted by Crippen LogP contribution is -1.95. The van der Waals surface area contributed by atoms with Gasteiger partial charge in [-0.2, -0.15) is 10.2 Å². The molecule has 0 N–H and O–H groups in total. The number of hydrogen-bond donors (Lipinski definition) is 0. The van der Waals surface area contributed by atoms with Crippen LogP contribution in [0.4, 0.5) is 0 Å². The first-order valence-electron chi connectivity index (χ1n) is 4.96. The van der Waals surface area contributed by atoms with Crippen molar-refractivity contribution in [3.63, 3.8) is 0 Å². The van der Waals surface area contributed by atoms with Gasteiger partial charge < -0.3 is 0 Å². The number of rotatable bonds is 4. The molecular weight excluding hydrogens is 200 g/mol. The molecule has 0 saturated heterocycles. The normalized spacial score (nSPS) is 11.7. The largest absolute Gasteiger partial charge is 0.203 e. The molecule has 1 aromatic rings. The summed E-state index contributed by atoms with van der Waals surface area (Å²) in [7, 11) is 0. The fourth-order valence-electron chi connectivity index (χ4n) is 1.11. The van der Waals surface area contributed by atoms with Crippen LogP contribution in [0.2, 0.25) is 0 Å². The van der Waals surface area contributed by atoms with Crippen LogP contribution < -0.4 is 0 Å². The zero-order valence-electron chi connectivity index (χ0n) is 9.30. The van der Waals surface area contributed by atoms with Crippen molar-refractivity contribution in [3.05, 3.63) is 42.0 Å². The lowest BCUT2D eigenvalue weighted by Gasteiger charge is -1.99. The molecule has 0 unspecified atom stereocenters. The lowest BCUT2D eigenvalue weighted by atomic mass is 10.1. The first kappa shape index (κ1) is 12.0. The third kappa shape index (κ3) is 3.24. The van der Waals surface area contributed by atoms with Gasteiger partial charge in [-0.1, -0.05) is 36.9 Å². The van der Waals surface area contributed by atoms with Gasteiger partial charge in [0.2, 0.25) is 5.84 Å². The van der Waals surface area contributed by atoms with E-state index in [9.17, 15) is 0 Å². The molecule has 0 heterocycles. The highest BCUT2D eigenvalue weighted by molar-refractivity contribution is 5.99. The molecule has 0 aromatic heterocycles. The van der Waals surface area contributed by atoms with Crippen LogP contribution in [0, 0.1) is 0 Å². The van der Waals surface area contributed by atoms with Gasteiger partial charge in [-0.25, -0.2) is 0 Å². The molecule has 0 radical (unpaired) electrons. The van der Waals surface area contributed by atoms with Crippen molar-refractivity contribution in [1.29, 1.82) is 0 Å². The van der Waals surface area contributed by atoms with E-state index in [0.29, 0.717) is 12.4 Å². The van der Waals surface area contributed by atoms with Gasteiger partial charge in [-0.15, -0.1) is 10.2 Å². The molecule has 0 aliphatic heterocycles. The summed E-state index contributed by atoms with van der Waals surface area (Å²) < 4.78 is 0. The second-order valence-corrected chi connectivity index (χ2v) is 2.95. The van der Waals surface area contributed by atoms with Gasteiger partial charge in [0.05, 0.1) is 6.54 Å². The molecule has 0 aliphatic rings. The third-order valence-corrected chi connectivity index (χ3v) is 1.88. The van der Waals surface area contributed by atoms with Crippen molar-refractivity contribution in [1.82, 2.24) is 0 Å². The van der Waals surface area contributed by atoms with Crippen LogP contribution in [0.3, 0.4) is 0 Å². The van der Waals surface area contributed by atoms with Gasteiger partial charge in [0, 0.05) is 12.3 Å². The third-order valence-electron chi connectivity index (χ3n) is 1.88. The Kier molecular flexibility index (Phi) is 4.79. The molecule has 0 atom stereocenters. The number of azo groups is 1. The Balaban J connectivity index is 3.01. The molecule has 0 bridgehead atoms. The highest BCUT2D eigenvalue weighted by Gasteiger charge is 2.01. The van der Waals surface area contributed by atoms with E-state index in [1.54, 1.807) is 6.08 Å². The summed E-state index contributed by atoms with van der Waals surface area (Å²) in [4.78, 5) is 0. The van der Waals surface area contributed by atoms with E-state index < -0.39 is 0 Å². The molecule has 4 heteroatoms. The van der Waals surface area contributed by atoms with Crippen LogP contribution in [-0.2, 0) is 0 Å². The second-order valence-electron chi connectivity index (χ2n) is 2.95. The predicted molar refractivity (Wildman–Crippen MR) is 68.0 cm³/mol. The monoisotopic (exact) mass is 214 g/mol. The highest BCUT2D eigenvalue weighted by atomic mass is 15.3. The van der Waals surface area contributed by atoms with Crippen LogP contribution >= 0.6 is 0 Å². The van der Waals surface area contributed by atoms with Gasteiger partial charge in [-0.3, -0.25) is 0 Å². The van der Waals surface area contributed by atoms with Crippen molar-refractivity contribution in [2.24, 2.45) is 20.4 Å². The van der Waals surface area contributed by atoms with Crippen molar-refractivity contribution >= 4 is 18.6 Å². The number of amidine groups is 1. The standard InChI is InChI=1S/C12H14N4/c1-4-10-6-8-11(9-7-10)12(15-13-3)16-14-5-2/h4,6-9H,1,3,5H2,2H3/b15-12-,16-14?. The Morgan fingerprint density at radius 3 is 2.50 bits per heavy atom. The minimum absolute atomic E-state index is 0.465. The molecule has 4 nitrogen and oxygen atoms in total. The second kappa shape index (κ2) is 6.40. The zero-order chi connectivity index (χ0) is 11.8. The number of nitrogens with zero attached hydrogens (tertiary/aromatic N) is 4. The first-order chi connectivity index (χ1) is 7.81. The van der Waals surface area contributed by atoms with E-state index >= 15 is 0 Å². The molecule has 1 aromatic carbocycles. The van der Waals surface area contributed by atoms with Crippen LogP contribution in [-0.4, -0.2) is 19.1 Å². The van der Waals surface area contributed by atoms with Crippen LogP contribution in [0.15, 0.2) is 51.3 Å². The summed E-state index contributed by atoms with van der Waals surface area (Å²) in [6, 6.07) is 7.66. The molecule has 0 amide bonds. The Morgan fingerprint density at radius 2 is 2.00 bits per heavy atom. The molecule has 0 saturated carbocycles. The number of benzene rings is 1. The smallest absolute Gasteiger partial charge is 0.187 e. The molecule has 1 rings (SSSR count). The van der Waals surface area contributed by atoms with Crippen LogP contribution in [0.1, 0.15) is 18.1 Å². The minimum atomic E-state index is 0.465. The van der Waals surface area contributed by atoms with Gasteiger partial charge in [0.15, 0.2) is 0 Å². The fourth-order valence-corrected chi connectivity index (χ4v) is 1.11. The van der Waals surface area contributed by atoms with Crippen molar-refractivity contribution in [3.8, 4) is 0 Å². The maximum absolute atomic E-state index is 3.97. The number of hydrogen-bond acceptors (Lipinski definition) is 3. The lowest BCUT2D eigenvalue weighted by molar-refractivity contribution is 1.01. The van der Waals surface area contributed by atoms with Crippen molar-refractivity contribution in [2.75, 3.05) is 6.54 Å². The molecule has 16 heavy (non-hydrogen) atoms. The maximum Gasteiger partial charge on any atom is 0.203 e. The molecule has 0 spiro atoms. The Morgan fingerprint density at radius 1 is 1.31 bits per heavy atom. The molecule has 82 valence electrons. The Labute approximate surface area is 95.1 Å². The van der Waals surface area contributed by atoms with E-state index in [0.717, 1.165) is 11.1 Å². The van der Waals surface area contributed by atoms with E-state index in [1.807, 2.05) is 31.2 Å². The summed E-state index contributed by atoms with van der Waals surface area (Å²) in [5, 5.41) is 15.2. The topological polar surface area (TPSA) is 49.4 Å². The quantitative estimate of drug-likeness (QED) is 0.320. The van der Waals surface area contributed by atoms with Crippen molar-refractivity contribution in [2.45, 2.75) is 6.92 Å². The zero-order valence-corrected chi connectivity index (χ0v) is 9.30. The minimum Gasteiger partial charge on any atom is -0.187 e. The average molecular weight is 214 g/mol. The van der Waals surface area contributed by atoms with E-state index in [1.165, 1.54) is 0 Å². The first-order valence-corrected chi connectivity index (χ1v) is 4.96. The summed E-state index contributed by atoms with van der Waals surface area (Å²) >= 11 is 0. The van der Waals surface area contributed by atoms with Crippen LogP contribution in [0.25, 0.3) is 6.08 Å².